The van der Waals surface area contributed by atoms with Crippen LogP contribution >= 0.6 is 0 Å². The molecule has 132 valence electrons. The number of hydrogen-bond acceptors (Lipinski definition) is 5. The molecule has 2 aliphatic heterocycles. The number of piperidine rings is 1. The monoisotopic (exact) mass is 339 g/mol. The Morgan fingerprint density at radius 3 is 2.68 bits per heavy atom. The number of nitrogens with two attached hydrogens (primary N) is 1. The van der Waals surface area contributed by atoms with Crippen molar-refractivity contribution in [2.45, 2.75) is 44.7 Å². The van der Waals surface area contributed by atoms with Gasteiger partial charge in [-0.05, 0) is 44.4 Å². The second-order valence-electron chi connectivity index (χ2n) is 7.06. The molecular formula is C19H25N5O. The van der Waals surface area contributed by atoms with Crippen LogP contribution in [0, 0.1) is 0 Å². The molecule has 0 saturated carbocycles. The number of rotatable bonds is 3. The topological polar surface area (TPSA) is 75.3 Å². The zero-order valence-electron chi connectivity index (χ0n) is 14.5. The van der Waals surface area contributed by atoms with Crippen LogP contribution in [-0.2, 0) is 11.3 Å². The molecule has 1 atom stereocenters. The Kier molecular flexibility index (Phi) is 4.53. The molecule has 3 heterocycles. The molecule has 1 unspecified atom stereocenters. The quantitative estimate of drug-likeness (QED) is 0.928. The van der Waals surface area contributed by atoms with Gasteiger partial charge in [-0.1, -0.05) is 18.6 Å². The number of carbonyl (C=O) groups is 1. The molecule has 0 radical (unpaired) electrons. The van der Waals surface area contributed by atoms with Crippen molar-refractivity contribution in [2.24, 2.45) is 0 Å². The van der Waals surface area contributed by atoms with Crippen LogP contribution in [0.2, 0.25) is 0 Å². The lowest BCUT2D eigenvalue weighted by Crippen LogP contribution is -2.50. The first kappa shape index (κ1) is 16.3. The summed E-state index contributed by atoms with van der Waals surface area (Å²) >= 11 is 0. The average molecular weight is 339 g/mol. The first-order valence-electron chi connectivity index (χ1n) is 9.26. The number of para-hydroxylation sites is 1. The van der Waals surface area contributed by atoms with Crippen molar-refractivity contribution in [3.8, 4) is 0 Å². The van der Waals surface area contributed by atoms with Crippen LogP contribution in [0.4, 0.5) is 5.82 Å². The van der Waals surface area contributed by atoms with Gasteiger partial charge in [-0.2, -0.15) is 0 Å². The summed E-state index contributed by atoms with van der Waals surface area (Å²) in [6.45, 7) is 3.31. The second-order valence-corrected chi connectivity index (χ2v) is 7.06. The van der Waals surface area contributed by atoms with E-state index < -0.39 is 0 Å². The van der Waals surface area contributed by atoms with E-state index in [1.807, 2.05) is 29.2 Å². The highest BCUT2D eigenvalue weighted by molar-refractivity contribution is 5.87. The molecule has 2 aliphatic rings. The highest BCUT2D eigenvalue weighted by Gasteiger charge is 2.33. The molecule has 0 spiro atoms. The van der Waals surface area contributed by atoms with Crippen LogP contribution in [0.1, 0.15) is 37.9 Å². The number of nitrogens with zero attached hydrogens (tertiary/aromatic N) is 4. The van der Waals surface area contributed by atoms with Crippen LogP contribution in [-0.4, -0.2) is 51.4 Å². The summed E-state index contributed by atoms with van der Waals surface area (Å²) in [7, 11) is 0. The molecule has 25 heavy (non-hydrogen) atoms. The van der Waals surface area contributed by atoms with Gasteiger partial charge in [-0.3, -0.25) is 9.69 Å². The van der Waals surface area contributed by atoms with E-state index in [4.69, 9.17) is 5.73 Å². The van der Waals surface area contributed by atoms with E-state index in [0.29, 0.717) is 18.2 Å². The van der Waals surface area contributed by atoms with Crippen LogP contribution in [0.3, 0.4) is 0 Å². The minimum absolute atomic E-state index is 0.0388. The normalized spacial score (nSPS) is 21.8. The van der Waals surface area contributed by atoms with Crippen molar-refractivity contribution in [1.82, 2.24) is 19.8 Å². The number of hydrogen-bond donors (Lipinski definition) is 1. The van der Waals surface area contributed by atoms with Gasteiger partial charge in [0.15, 0.2) is 0 Å². The van der Waals surface area contributed by atoms with Crippen molar-refractivity contribution in [3.63, 3.8) is 0 Å². The van der Waals surface area contributed by atoms with Gasteiger partial charge in [0, 0.05) is 18.5 Å². The number of carbonyl (C=O) groups excluding carboxylic acids is 1. The summed E-state index contributed by atoms with van der Waals surface area (Å²) in [6, 6.07) is 7.76. The van der Waals surface area contributed by atoms with Crippen LogP contribution in [0.25, 0.3) is 10.9 Å². The van der Waals surface area contributed by atoms with Gasteiger partial charge in [0.05, 0.1) is 18.1 Å². The summed E-state index contributed by atoms with van der Waals surface area (Å²) in [5, 5.41) is 0.884. The van der Waals surface area contributed by atoms with Crippen LogP contribution < -0.4 is 5.73 Å². The second kappa shape index (κ2) is 6.96. The minimum atomic E-state index is -0.0388. The predicted octanol–water partition coefficient (Wildman–Crippen LogP) is 2.19. The van der Waals surface area contributed by atoms with E-state index in [9.17, 15) is 4.79 Å². The summed E-state index contributed by atoms with van der Waals surface area (Å²) < 4.78 is 0. The average Bonchev–Trinajstić information content (AvgIpc) is 3.16. The van der Waals surface area contributed by atoms with Gasteiger partial charge in [0.1, 0.15) is 11.6 Å². The van der Waals surface area contributed by atoms with E-state index in [2.05, 4.69) is 14.9 Å². The molecule has 1 aromatic heterocycles. The maximum Gasteiger partial charge on any atom is 0.239 e. The van der Waals surface area contributed by atoms with Crippen LogP contribution in [0.5, 0.6) is 0 Å². The third kappa shape index (κ3) is 3.31. The number of fused-ring (bicyclic) bond motifs is 1. The van der Waals surface area contributed by atoms with E-state index in [0.717, 1.165) is 62.6 Å². The highest BCUT2D eigenvalue weighted by atomic mass is 16.2. The Balaban J connectivity index is 1.56. The molecule has 0 aliphatic carbocycles. The Morgan fingerprint density at radius 2 is 1.84 bits per heavy atom. The number of anilines is 1. The van der Waals surface area contributed by atoms with E-state index >= 15 is 0 Å². The molecule has 2 saturated heterocycles. The SMILES string of the molecule is Nc1nc(CN2CCCCC2C(=O)N2CCCC2)nc2ccccc12. The Labute approximate surface area is 148 Å². The number of likely N-dealkylation sites (tertiary alicyclic amines) is 2. The molecule has 0 bridgehead atoms. The highest BCUT2D eigenvalue weighted by Crippen LogP contribution is 2.24. The molecule has 2 N–H and O–H groups in total. The first-order valence-corrected chi connectivity index (χ1v) is 9.26. The van der Waals surface area contributed by atoms with Gasteiger partial charge in [0.25, 0.3) is 0 Å². The zero-order valence-corrected chi connectivity index (χ0v) is 14.5. The third-order valence-corrected chi connectivity index (χ3v) is 5.34. The summed E-state index contributed by atoms with van der Waals surface area (Å²) in [5.41, 5.74) is 6.98. The van der Waals surface area contributed by atoms with Gasteiger partial charge >= 0.3 is 0 Å². The summed E-state index contributed by atoms with van der Waals surface area (Å²) in [4.78, 5) is 26.3. The molecule has 1 aromatic carbocycles. The van der Waals surface area contributed by atoms with Gasteiger partial charge in [0.2, 0.25) is 5.91 Å². The lowest BCUT2D eigenvalue weighted by Gasteiger charge is -2.36. The molecule has 2 fully saturated rings. The standard InChI is InChI=1S/C19H25N5O/c20-18-14-7-1-2-8-15(14)21-17(22-18)13-24-12-4-3-9-16(24)19(25)23-10-5-6-11-23/h1-2,7-8,16H,3-6,9-13H2,(H2,20,21,22). The van der Waals surface area contributed by atoms with Crippen molar-refractivity contribution < 1.29 is 4.79 Å². The van der Waals surface area contributed by atoms with Crippen LogP contribution in [0.15, 0.2) is 24.3 Å². The third-order valence-electron chi connectivity index (χ3n) is 5.34. The fourth-order valence-corrected chi connectivity index (χ4v) is 4.01. The van der Waals surface area contributed by atoms with E-state index in [1.165, 1.54) is 0 Å². The molecular weight excluding hydrogens is 314 g/mol. The Bertz CT molecular complexity index is 771. The number of amides is 1. The molecule has 2 aromatic rings. The van der Waals surface area contributed by atoms with Gasteiger partial charge < -0.3 is 10.6 Å². The minimum Gasteiger partial charge on any atom is -0.383 e. The van der Waals surface area contributed by atoms with Gasteiger partial charge in [-0.25, -0.2) is 9.97 Å². The van der Waals surface area contributed by atoms with E-state index in [1.54, 1.807) is 0 Å². The largest absolute Gasteiger partial charge is 0.383 e. The molecule has 6 heteroatoms. The van der Waals surface area contributed by atoms with Crippen molar-refractivity contribution in [3.05, 3.63) is 30.1 Å². The molecule has 6 nitrogen and oxygen atoms in total. The molecule has 4 rings (SSSR count). The van der Waals surface area contributed by atoms with Crippen molar-refractivity contribution in [1.29, 1.82) is 0 Å². The van der Waals surface area contributed by atoms with Gasteiger partial charge in [-0.15, -0.1) is 0 Å². The Morgan fingerprint density at radius 1 is 1.08 bits per heavy atom. The number of benzene rings is 1. The maximum atomic E-state index is 12.9. The van der Waals surface area contributed by atoms with Crippen molar-refractivity contribution >= 4 is 22.6 Å². The Hall–Kier alpha value is -2.21. The molecule has 1 amide bonds. The predicted molar refractivity (Wildman–Crippen MR) is 97.8 cm³/mol. The summed E-state index contributed by atoms with van der Waals surface area (Å²) in [6.07, 6.45) is 5.41. The lowest BCUT2D eigenvalue weighted by molar-refractivity contribution is -0.137. The zero-order chi connectivity index (χ0) is 17.2. The summed E-state index contributed by atoms with van der Waals surface area (Å²) in [5.74, 6) is 1.50. The fraction of sp³-hybridized carbons (Fsp3) is 0.526. The van der Waals surface area contributed by atoms with E-state index in [-0.39, 0.29) is 11.9 Å². The number of aromatic nitrogens is 2. The fourth-order valence-electron chi connectivity index (χ4n) is 4.01. The maximum absolute atomic E-state index is 12.9. The van der Waals surface area contributed by atoms with Crippen molar-refractivity contribution in [2.75, 3.05) is 25.4 Å². The smallest absolute Gasteiger partial charge is 0.239 e. The number of nitrogen functional groups attached to an aromatic ring is 1. The lowest BCUT2D eigenvalue weighted by atomic mass is 10.0. The first-order chi connectivity index (χ1) is 12.2.